The molecule has 0 aromatic heterocycles. The highest BCUT2D eigenvalue weighted by atomic mass is 19.1. The summed E-state index contributed by atoms with van der Waals surface area (Å²) in [5, 5.41) is 0. The summed E-state index contributed by atoms with van der Waals surface area (Å²) in [7, 11) is 0. The largest absolute Gasteiger partial charge is 0.481 e. The molecule has 1 aromatic rings. The second-order valence-electron chi connectivity index (χ2n) is 2.63. The second kappa shape index (κ2) is 3.81. The maximum absolute atomic E-state index is 12.9. The van der Waals surface area contributed by atoms with E-state index in [0.717, 1.165) is 0 Å². The Morgan fingerprint density at radius 3 is 2.92 bits per heavy atom. The van der Waals surface area contributed by atoms with Crippen molar-refractivity contribution in [3.8, 4) is 18.1 Å². The van der Waals surface area contributed by atoms with Gasteiger partial charge in [0.2, 0.25) is 0 Å². The quantitative estimate of drug-likeness (QED) is 0.554. The molecule has 0 aliphatic rings. The Balaban J connectivity index is 2.96. The predicted molar refractivity (Wildman–Crippen MR) is 49.9 cm³/mol. The minimum atomic E-state index is -0.439. The van der Waals surface area contributed by atoms with Gasteiger partial charge in [0.25, 0.3) is 0 Å². The molecule has 0 amide bonds. The van der Waals surface area contributed by atoms with Crippen molar-refractivity contribution < 1.29 is 9.13 Å². The van der Waals surface area contributed by atoms with Crippen molar-refractivity contribution in [3.05, 3.63) is 23.5 Å². The number of nitrogens with two attached hydrogens (primary N) is 1. The fraction of sp³-hybridized carbons (Fsp3) is 0.200. The molecule has 0 fully saturated rings. The molecule has 0 aliphatic heterocycles. The Kier molecular flexibility index (Phi) is 2.76. The molecule has 0 saturated carbocycles. The third-order valence-electron chi connectivity index (χ3n) is 1.61. The normalized spacial score (nSPS) is 9.31. The summed E-state index contributed by atoms with van der Waals surface area (Å²) in [5.74, 6) is 2.41. The Morgan fingerprint density at radius 2 is 2.31 bits per heavy atom. The maximum Gasteiger partial charge on any atom is 0.148 e. The number of nitrogen functional groups attached to an aromatic ring is 1. The number of anilines is 1. The molecule has 0 bridgehead atoms. The molecule has 2 N–H and O–H groups in total. The van der Waals surface area contributed by atoms with Crippen molar-refractivity contribution in [3.63, 3.8) is 0 Å². The van der Waals surface area contributed by atoms with Crippen LogP contribution in [0.5, 0.6) is 5.75 Å². The molecule has 0 spiro atoms. The van der Waals surface area contributed by atoms with Crippen LogP contribution in [0.25, 0.3) is 0 Å². The Labute approximate surface area is 76.5 Å². The summed E-state index contributed by atoms with van der Waals surface area (Å²) in [6.07, 6.45) is 5.01. The Hall–Kier alpha value is -1.69. The second-order valence-corrected chi connectivity index (χ2v) is 2.63. The summed E-state index contributed by atoms with van der Waals surface area (Å²) in [6.45, 7) is 1.89. The highest BCUT2D eigenvalue weighted by molar-refractivity contribution is 5.49. The molecule has 68 valence electrons. The molecule has 1 rings (SSSR count). The molecule has 3 heteroatoms. The highest BCUT2D eigenvalue weighted by Crippen LogP contribution is 2.23. The fourth-order valence-electron chi connectivity index (χ4n) is 0.943. The summed E-state index contributed by atoms with van der Waals surface area (Å²) in [4.78, 5) is 0. The van der Waals surface area contributed by atoms with Gasteiger partial charge < -0.3 is 10.5 Å². The summed E-state index contributed by atoms with van der Waals surface area (Å²) in [5.41, 5.74) is 6.10. The minimum absolute atomic E-state index is 0.0672. The first-order chi connectivity index (χ1) is 6.15. The highest BCUT2D eigenvalue weighted by Gasteiger charge is 2.04. The van der Waals surface area contributed by atoms with E-state index in [0.29, 0.717) is 11.3 Å². The summed E-state index contributed by atoms with van der Waals surface area (Å²) < 4.78 is 18.0. The van der Waals surface area contributed by atoms with Gasteiger partial charge in [0.15, 0.2) is 0 Å². The molecule has 0 heterocycles. The van der Waals surface area contributed by atoms with Crippen molar-refractivity contribution in [1.29, 1.82) is 0 Å². The summed E-state index contributed by atoms with van der Waals surface area (Å²) >= 11 is 0. The number of aryl methyl sites for hydroxylation is 1. The van der Waals surface area contributed by atoms with Crippen LogP contribution in [0.3, 0.4) is 0 Å². The average molecular weight is 179 g/mol. The molecule has 1 aromatic carbocycles. The van der Waals surface area contributed by atoms with Crippen LogP contribution in [-0.2, 0) is 0 Å². The number of hydrogen-bond donors (Lipinski definition) is 1. The van der Waals surface area contributed by atoms with Gasteiger partial charge in [-0.05, 0) is 18.6 Å². The molecule has 0 radical (unpaired) electrons. The van der Waals surface area contributed by atoms with E-state index >= 15 is 0 Å². The third-order valence-corrected chi connectivity index (χ3v) is 1.61. The van der Waals surface area contributed by atoms with Gasteiger partial charge in [0.05, 0.1) is 5.69 Å². The van der Waals surface area contributed by atoms with Gasteiger partial charge in [-0.3, -0.25) is 0 Å². The lowest BCUT2D eigenvalue weighted by molar-refractivity contribution is 0.367. The predicted octanol–water partition coefficient (Wildman–Crippen LogP) is 1.73. The molecule has 0 atom stereocenters. The van der Waals surface area contributed by atoms with Crippen LogP contribution < -0.4 is 10.5 Å². The van der Waals surface area contributed by atoms with Gasteiger partial charge in [0.1, 0.15) is 18.2 Å². The molecular weight excluding hydrogens is 169 g/mol. The number of rotatable bonds is 2. The lowest BCUT2D eigenvalue weighted by atomic mass is 10.2. The van der Waals surface area contributed by atoms with Gasteiger partial charge in [-0.15, -0.1) is 6.42 Å². The number of benzene rings is 1. The van der Waals surface area contributed by atoms with Gasteiger partial charge in [-0.2, -0.15) is 0 Å². The maximum atomic E-state index is 12.9. The van der Waals surface area contributed by atoms with Crippen LogP contribution in [0.4, 0.5) is 10.1 Å². The number of terminal acetylenes is 1. The lowest BCUT2D eigenvalue weighted by Crippen LogP contribution is -1.99. The lowest BCUT2D eigenvalue weighted by Gasteiger charge is -2.07. The van der Waals surface area contributed by atoms with E-state index in [1.54, 1.807) is 6.92 Å². The van der Waals surface area contributed by atoms with E-state index in [-0.39, 0.29) is 12.3 Å². The van der Waals surface area contributed by atoms with Crippen molar-refractivity contribution in [2.75, 3.05) is 12.3 Å². The zero-order chi connectivity index (χ0) is 9.84. The van der Waals surface area contributed by atoms with Gasteiger partial charge in [0, 0.05) is 6.07 Å². The number of ether oxygens (including phenoxy) is 1. The Morgan fingerprint density at radius 1 is 1.62 bits per heavy atom. The van der Waals surface area contributed by atoms with E-state index in [2.05, 4.69) is 5.92 Å². The first-order valence-corrected chi connectivity index (χ1v) is 3.77. The smallest absolute Gasteiger partial charge is 0.148 e. The van der Waals surface area contributed by atoms with E-state index < -0.39 is 5.82 Å². The zero-order valence-electron chi connectivity index (χ0n) is 7.30. The van der Waals surface area contributed by atoms with Crippen LogP contribution >= 0.6 is 0 Å². The van der Waals surface area contributed by atoms with Crippen molar-refractivity contribution in [1.82, 2.24) is 0 Å². The zero-order valence-corrected chi connectivity index (χ0v) is 7.30. The van der Waals surface area contributed by atoms with Gasteiger partial charge in [-0.1, -0.05) is 5.92 Å². The average Bonchev–Trinajstić information content (AvgIpc) is 2.09. The number of hydrogen-bond acceptors (Lipinski definition) is 2. The first-order valence-electron chi connectivity index (χ1n) is 3.77. The molecule has 0 unspecified atom stereocenters. The molecule has 2 nitrogen and oxygen atoms in total. The molecule has 0 saturated heterocycles. The van der Waals surface area contributed by atoms with Crippen molar-refractivity contribution in [2.24, 2.45) is 0 Å². The summed E-state index contributed by atoms with van der Waals surface area (Å²) in [6, 6.07) is 2.75. The number of halogens is 1. The monoisotopic (exact) mass is 179 g/mol. The Bertz CT molecular complexity index is 355. The van der Waals surface area contributed by atoms with E-state index in [1.807, 2.05) is 0 Å². The molecule has 13 heavy (non-hydrogen) atoms. The first kappa shape index (κ1) is 9.40. The standard InChI is InChI=1S/C10H10FNO/c1-3-4-13-10-6-9(12)8(11)5-7(10)2/h1,5-6H,4,12H2,2H3. The fourth-order valence-corrected chi connectivity index (χ4v) is 0.943. The van der Waals surface area contributed by atoms with Gasteiger partial charge >= 0.3 is 0 Å². The van der Waals surface area contributed by atoms with Crippen molar-refractivity contribution >= 4 is 5.69 Å². The van der Waals surface area contributed by atoms with E-state index in [1.165, 1.54) is 12.1 Å². The van der Waals surface area contributed by atoms with Crippen LogP contribution in [0.2, 0.25) is 0 Å². The van der Waals surface area contributed by atoms with Crippen molar-refractivity contribution in [2.45, 2.75) is 6.92 Å². The molecule has 0 aliphatic carbocycles. The third kappa shape index (κ3) is 2.12. The molecular formula is C10H10FNO. The minimum Gasteiger partial charge on any atom is -0.481 e. The topological polar surface area (TPSA) is 35.2 Å². The van der Waals surface area contributed by atoms with Crippen LogP contribution in [-0.4, -0.2) is 6.61 Å². The van der Waals surface area contributed by atoms with Crippen LogP contribution in [0.15, 0.2) is 12.1 Å². The van der Waals surface area contributed by atoms with E-state index in [9.17, 15) is 4.39 Å². The van der Waals surface area contributed by atoms with E-state index in [4.69, 9.17) is 16.9 Å². The van der Waals surface area contributed by atoms with Crippen LogP contribution in [0, 0.1) is 25.1 Å². The van der Waals surface area contributed by atoms with Gasteiger partial charge in [-0.25, -0.2) is 4.39 Å². The van der Waals surface area contributed by atoms with Crippen LogP contribution in [0.1, 0.15) is 5.56 Å². The SMILES string of the molecule is C#CCOc1cc(N)c(F)cc1C.